The normalized spacial score (nSPS) is 11.3. The van der Waals surface area contributed by atoms with Gasteiger partial charge in [0.25, 0.3) is 10.0 Å². The number of halogens is 2. The van der Waals surface area contributed by atoms with Crippen molar-refractivity contribution in [1.29, 1.82) is 0 Å². The quantitative estimate of drug-likeness (QED) is 0.802. The summed E-state index contributed by atoms with van der Waals surface area (Å²) in [6.45, 7) is 1.91. The Hall–Kier alpha value is -1.24. The standard InChI is InChI=1S/C13H12BrClN2O2S/c1-8-2-5-12(10(14)6-8)17-20(18,19)13-7-9(15)3-4-11(13)16/h2-7,17H,16H2,1H3. The number of anilines is 2. The van der Waals surface area contributed by atoms with Crippen molar-refractivity contribution in [2.45, 2.75) is 11.8 Å². The summed E-state index contributed by atoms with van der Waals surface area (Å²) in [6.07, 6.45) is 0. The minimum Gasteiger partial charge on any atom is -0.398 e. The van der Waals surface area contributed by atoms with E-state index in [1.165, 1.54) is 18.2 Å². The first-order valence-corrected chi connectivity index (χ1v) is 8.29. The first-order chi connectivity index (χ1) is 9.29. The van der Waals surface area contributed by atoms with Gasteiger partial charge < -0.3 is 5.73 Å². The van der Waals surface area contributed by atoms with Crippen LogP contribution in [-0.2, 0) is 10.0 Å². The molecule has 0 unspecified atom stereocenters. The molecule has 106 valence electrons. The molecule has 0 aliphatic heterocycles. The molecule has 0 bridgehead atoms. The number of nitrogens with one attached hydrogen (secondary N) is 1. The van der Waals surface area contributed by atoms with Gasteiger partial charge in [0, 0.05) is 9.50 Å². The Kier molecular flexibility index (Phi) is 4.27. The summed E-state index contributed by atoms with van der Waals surface area (Å²) in [5, 5.41) is 0.308. The maximum Gasteiger partial charge on any atom is 0.264 e. The van der Waals surface area contributed by atoms with Crippen molar-refractivity contribution in [3.8, 4) is 0 Å². The van der Waals surface area contributed by atoms with Gasteiger partial charge in [-0.1, -0.05) is 17.7 Å². The third-order valence-electron chi connectivity index (χ3n) is 2.63. The largest absolute Gasteiger partial charge is 0.398 e. The molecule has 0 saturated heterocycles. The van der Waals surface area contributed by atoms with Crippen molar-refractivity contribution < 1.29 is 8.42 Å². The zero-order valence-corrected chi connectivity index (χ0v) is 13.7. The molecule has 0 saturated carbocycles. The molecule has 7 heteroatoms. The van der Waals surface area contributed by atoms with Crippen LogP contribution in [0.15, 0.2) is 45.8 Å². The van der Waals surface area contributed by atoms with E-state index in [1.807, 2.05) is 19.1 Å². The summed E-state index contributed by atoms with van der Waals surface area (Å²) < 4.78 is 27.8. The van der Waals surface area contributed by atoms with Gasteiger partial charge in [-0.15, -0.1) is 0 Å². The Morgan fingerprint density at radius 1 is 1.20 bits per heavy atom. The van der Waals surface area contributed by atoms with Gasteiger partial charge in [0.2, 0.25) is 0 Å². The molecule has 4 nitrogen and oxygen atoms in total. The van der Waals surface area contributed by atoms with Crippen molar-refractivity contribution in [1.82, 2.24) is 0 Å². The predicted molar refractivity (Wildman–Crippen MR) is 85.6 cm³/mol. The molecule has 2 rings (SSSR count). The zero-order chi connectivity index (χ0) is 14.9. The van der Waals surface area contributed by atoms with E-state index >= 15 is 0 Å². The maximum absolute atomic E-state index is 12.3. The molecule has 2 aromatic rings. The van der Waals surface area contributed by atoms with Crippen LogP contribution >= 0.6 is 27.5 Å². The number of aryl methyl sites for hydroxylation is 1. The monoisotopic (exact) mass is 374 g/mol. The molecule has 2 aromatic carbocycles. The van der Waals surface area contributed by atoms with Gasteiger partial charge in [0.05, 0.1) is 11.4 Å². The Morgan fingerprint density at radius 2 is 1.90 bits per heavy atom. The van der Waals surface area contributed by atoms with Gasteiger partial charge in [0.15, 0.2) is 0 Å². The molecule has 20 heavy (non-hydrogen) atoms. The third-order valence-corrected chi connectivity index (χ3v) is 4.95. The van der Waals surface area contributed by atoms with Crippen molar-refractivity contribution in [2.24, 2.45) is 0 Å². The Bertz CT molecular complexity index is 763. The third kappa shape index (κ3) is 3.26. The second-order valence-electron chi connectivity index (χ2n) is 4.27. The average Bonchev–Trinajstić information content (AvgIpc) is 2.35. The summed E-state index contributed by atoms with van der Waals surface area (Å²) in [6, 6.07) is 9.63. The van der Waals surface area contributed by atoms with E-state index in [9.17, 15) is 8.42 Å². The van der Waals surface area contributed by atoms with Crippen molar-refractivity contribution in [3.05, 3.63) is 51.5 Å². The Balaban J connectivity index is 2.43. The summed E-state index contributed by atoms with van der Waals surface area (Å²) >= 11 is 9.14. The van der Waals surface area contributed by atoms with Gasteiger partial charge in [-0.25, -0.2) is 8.42 Å². The molecule has 0 radical (unpaired) electrons. The molecule has 0 heterocycles. The van der Waals surface area contributed by atoms with E-state index < -0.39 is 10.0 Å². The van der Waals surface area contributed by atoms with E-state index in [1.54, 1.807) is 6.07 Å². The number of hydrogen-bond acceptors (Lipinski definition) is 3. The van der Waals surface area contributed by atoms with Crippen molar-refractivity contribution in [3.63, 3.8) is 0 Å². The van der Waals surface area contributed by atoms with Crippen LogP contribution in [0.1, 0.15) is 5.56 Å². The van der Waals surface area contributed by atoms with E-state index in [4.69, 9.17) is 17.3 Å². The number of nitrogen functional groups attached to an aromatic ring is 1. The fraction of sp³-hybridized carbons (Fsp3) is 0.0769. The van der Waals surface area contributed by atoms with Crippen LogP contribution in [0.25, 0.3) is 0 Å². The molecule has 0 fully saturated rings. The molecule has 0 spiro atoms. The fourth-order valence-corrected chi connectivity index (χ4v) is 3.84. The molecule has 0 amide bonds. The van der Waals surface area contributed by atoms with Gasteiger partial charge in [-0.05, 0) is 58.7 Å². The second kappa shape index (κ2) is 5.63. The highest BCUT2D eigenvalue weighted by molar-refractivity contribution is 9.10. The lowest BCUT2D eigenvalue weighted by atomic mass is 10.2. The van der Waals surface area contributed by atoms with Gasteiger partial charge in [-0.2, -0.15) is 0 Å². The first kappa shape index (κ1) is 15.2. The highest BCUT2D eigenvalue weighted by atomic mass is 79.9. The molecule has 0 aliphatic carbocycles. The number of rotatable bonds is 3. The smallest absolute Gasteiger partial charge is 0.264 e. The fourth-order valence-electron chi connectivity index (χ4n) is 1.64. The number of hydrogen-bond donors (Lipinski definition) is 2. The lowest BCUT2D eigenvalue weighted by Crippen LogP contribution is -2.15. The van der Waals surface area contributed by atoms with E-state index in [2.05, 4.69) is 20.7 Å². The highest BCUT2D eigenvalue weighted by Gasteiger charge is 2.19. The number of benzene rings is 2. The van der Waals surface area contributed by atoms with Crippen molar-refractivity contribution >= 4 is 48.9 Å². The van der Waals surface area contributed by atoms with Crippen LogP contribution in [0.5, 0.6) is 0 Å². The van der Waals surface area contributed by atoms with Crippen LogP contribution in [0, 0.1) is 6.92 Å². The zero-order valence-electron chi connectivity index (χ0n) is 10.5. The second-order valence-corrected chi connectivity index (χ2v) is 7.21. The lowest BCUT2D eigenvalue weighted by molar-refractivity contribution is 0.601. The number of sulfonamides is 1. The van der Waals surface area contributed by atoms with Crippen LogP contribution in [0.3, 0.4) is 0 Å². The van der Waals surface area contributed by atoms with Crippen LogP contribution in [-0.4, -0.2) is 8.42 Å². The molecular weight excluding hydrogens is 364 g/mol. The van der Waals surface area contributed by atoms with E-state index in [0.29, 0.717) is 15.2 Å². The van der Waals surface area contributed by atoms with Crippen LogP contribution < -0.4 is 10.5 Å². The molecule has 3 N–H and O–H groups in total. The van der Waals surface area contributed by atoms with E-state index in [0.717, 1.165) is 5.56 Å². The predicted octanol–water partition coefficient (Wildman–Crippen LogP) is 3.79. The molecular formula is C13H12BrClN2O2S. The highest BCUT2D eigenvalue weighted by Crippen LogP contribution is 2.29. The first-order valence-electron chi connectivity index (χ1n) is 5.63. The average molecular weight is 376 g/mol. The van der Waals surface area contributed by atoms with Gasteiger partial charge in [0.1, 0.15) is 4.90 Å². The van der Waals surface area contributed by atoms with E-state index in [-0.39, 0.29) is 10.6 Å². The van der Waals surface area contributed by atoms with Crippen molar-refractivity contribution in [2.75, 3.05) is 10.5 Å². The van der Waals surface area contributed by atoms with Crippen LogP contribution in [0.4, 0.5) is 11.4 Å². The number of nitrogens with two attached hydrogens (primary N) is 1. The maximum atomic E-state index is 12.3. The van der Waals surface area contributed by atoms with Gasteiger partial charge in [-0.3, -0.25) is 4.72 Å². The topological polar surface area (TPSA) is 72.2 Å². The summed E-state index contributed by atoms with van der Waals surface area (Å²) in [5.41, 5.74) is 7.30. The molecule has 0 aromatic heterocycles. The summed E-state index contributed by atoms with van der Waals surface area (Å²) in [4.78, 5) is -0.0440. The molecule has 0 atom stereocenters. The molecule has 0 aliphatic rings. The Morgan fingerprint density at radius 3 is 2.55 bits per heavy atom. The minimum atomic E-state index is -3.79. The summed E-state index contributed by atoms with van der Waals surface area (Å²) in [5.74, 6) is 0. The lowest BCUT2D eigenvalue weighted by Gasteiger charge is -2.12. The Labute approximate surface area is 131 Å². The minimum absolute atomic E-state index is 0.0440. The SMILES string of the molecule is Cc1ccc(NS(=O)(=O)c2cc(Cl)ccc2N)c(Br)c1. The summed E-state index contributed by atoms with van der Waals surface area (Å²) in [7, 11) is -3.79. The van der Waals surface area contributed by atoms with Gasteiger partial charge >= 0.3 is 0 Å². The van der Waals surface area contributed by atoms with Crippen LogP contribution in [0.2, 0.25) is 5.02 Å².